The lowest BCUT2D eigenvalue weighted by atomic mass is 9.99. The topological polar surface area (TPSA) is 128 Å². The second kappa shape index (κ2) is 9.32. The minimum atomic E-state index is -0.799. The summed E-state index contributed by atoms with van der Waals surface area (Å²) in [6.07, 6.45) is 2.27. The first-order valence-corrected chi connectivity index (χ1v) is 9.00. The Labute approximate surface area is 163 Å². The standard InChI is InChI=1S/C19H27FN6O2/c1-10(2)7-15(11(3)21)25-19-14(20)9-13(17(22)27)18(26-19)24-12-5-6-23-16(8-12)28-4/h5-6,8-11,15H,7,21H2,1-4H3,(H2,22,27)(H2,23,24,25,26)/t11-,15+/m0/s1. The number of anilines is 3. The molecular weight excluding hydrogens is 363 g/mol. The molecule has 0 aromatic carbocycles. The maximum atomic E-state index is 14.6. The van der Waals surface area contributed by atoms with Crippen molar-refractivity contribution in [1.82, 2.24) is 9.97 Å². The number of methoxy groups -OCH3 is 1. The molecule has 0 radical (unpaired) electrons. The molecule has 6 N–H and O–H groups in total. The number of nitrogens with two attached hydrogens (primary N) is 2. The summed E-state index contributed by atoms with van der Waals surface area (Å²) >= 11 is 0. The smallest absolute Gasteiger partial charge is 0.252 e. The lowest BCUT2D eigenvalue weighted by molar-refractivity contribution is 0.100. The number of carbonyl (C=O) groups excluding carboxylic acids is 1. The molecule has 2 aromatic heterocycles. The minimum Gasteiger partial charge on any atom is -0.481 e. The highest BCUT2D eigenvalue weighted by Gasteiger charge is 2.21. The van der Waals surface area contributed by atoms with Gasteiger partial charge in [-0.1, -0.05) is 13.8 Å². The van der Waals surface area contributed by atoms with Crippen LogP contribution in [0.3, 0.4) is 0 Å². The van der Waals surface area contributed by atoms with Crippen molar-refractivity contribution >= 4 is 23.2 Å². The van der Waals surface area contributed by atoms with Gasteiger partial charge in [0.15, 0.2) is 11.6 Å². The van der Waals surface area contributed by atoms with Crippen molar-refractivity contribution < 1.29 is 13.9 Å². The van der Waals surface area contributed by atoms with Crippen molar-refractivity contribution in [2.45, 2.75) is 39.3 Å². The number of hydrogen-bond donors (Lipinski definition) is 4. The van der Waals surface area contributed by atoms with Gasteiger partial charge in [0.1, 0.15) is 5.82 Å². The van der Waals surface area contributed by atoms with E-state index in [1.807, 2.05) is 6.92 Å². The summed E-state index contributed by atoms with van der Waals surface area (Å²) in [5.41, 5.74) is 11.9. The predicted octanol–water partition coefficient (Wildman–Crippen LogP) is 2.64. The van der Waals surface area contributed by atoms with Crippen molar-refractivity contribution in [3.8, 4) is 5.88 Å². The fraction of sp³-hybridized carbons (Fsp3) is 0.421. The van der Waals surface area contributed by atoms with Crippen LogP contribution in [0.25, 0.3) is 0 Å². The van der Waals surface area contributed by atoms with Crippen molar-refractivity contribution in [3.63, 3.8) is 0 Å². The average molecular weight is 390 g/mol. The number of primary amides is 1. The molecule has 2 rings (SSSR count). The lowest BCUT2D eigenvalue weighted by Crippen LogP contribution is -2.39. The highest BCUT2D eigenvalue weighted by Crippen LogP contribution is 2.26. The molecule has 28 heavy (non-hydrogen) atoms. The molecule has 2 heterocycles. The molecule has 152 valence electrons. The zero-order chi connectivity index (χ0) is 20.8. The Morgan fingerprint density at radius 3 is 2.57 bits per heavy atom. The number of nitrogens with zero attached hydrogens (tertiary/aromatic N) is 2. The predicted molar refractivity (Wildman–Crippen MR) is 107 cm³/mol. The van der Waals surface area contributed by atoms with E-state index in [9.17, 15) is 9.18 Å². The van der Waals surface area contributed by atoms with Crippen LogP contribution in [-0.4, -0.2) is 35.1 Å². The third-order valence-corrected chi connectivity index (χ3v) is 4.13. The SMILES string of the molecule is COc1cc(Nc2nc(N[C@H](CC(C)C)[C@H](C)N)c(F)cc2C(N)=O)ccn1. The van der Waals surface area contributed by atoms with Crippen LogP contribution in [0.4, 0.5) is 21.7 Å². The van der Waals surface area contributed by atoms with E-state index >= 15 is 0 Å². The van der Waals surface area contributed by atoms with E-state index in [1.54, 1.807) is 12.1 Å². The molecule has 0 spiro atoms. The highest BCUT2D eigenvalue weighted by molar-refractivity contribution is 5.98. The largest absolute Gasteiger partial charge is 0.481 e. The van der Waals surface area contributed by atoms with Gasteiger partial charge in [0, 0.05) is 30.0 Å². The maximum Gasteiger partial charge on any atom is 0.252 e. The second-order valence-corrected chi connectivity index (χ2v) is 7.03. The zero-order valence-corrected chi connectivity index (χ0v) is 16.5. The van der Waals surface area contributed by atoms with Gasteiger partial charge in [-0.25, -0.2) is 14.4 Å². The number of pyridine rings is 2. The van der Waals surface area contributed by atoms with Crippen molar-refractivity contribution in [2.75, 3.05) is 17.7 Å². The summed E-state index contributed by atoms with van der Waals surface area (Å²) in [4.78, 5) is 20.0. The number of hydrogen-bond acceptors (Lipinski definition) is 7. The molecule has 0 bridgehead atoms. The van der Waals surface area contributed by atoms with E-state index in [-0.39, 0.29) is 29.3 Å². The first-order valence-electron chi connectivity index (χ1n) is 9.00. The molecule has 0 fully saturated rings. The highest BCUT2D eigenvalue weighted by atomic mass is 19.1. The van der Waals surface area contributed by atoms with Crippen LogP contribution < -0.4 is 26.8 Å². The lowest BCUT2D eigenvalue weighted by Gasteiger charge is -2.25. The molecule has 0 aliphatic rings. The second-order valence-electron chi connectivity index (χ2n) is 7.03. The van der Waals surface area contributed by atoms with Gasteiger partial charge in [0.05, 0.1) is 12.7 Å². The van der Waals surface area contributed by atoms with Crippen LogP contribution in [0, 0.1) is 11.7 Å². The summed E-state index contributed by atoms with van der Waals surface area (Å²) < 4.78 is 19.7. The summed E-state index contributed by atoms with van der Waals surface area (Å²) in [5, 5.41) is 6.02. The first-order chi connectivity index (χ1) is 13.2. The first kappa shape index (κ1) is 21.4. The summed E-state index contributed by atoms with van der Waals surface area (Å²) in [6, 6.07) is 3.93. The van der Waals surface area contributed by atoms with E-state index in [1.165, 1.54) is 13.3 Å². The summed E-state index contributed by atoms with van der Waals surface area (Å²) in [6.45, 7) is 5.96. The minimum absolute atomic E-state index is 0.00327. The fourth-order valence-corrected chi connectivity index (χ4v) is 2.70. The molecule has 2 atom stereocenters. The number of amides is 1. The van der Waals surface area contributed by atoms with Crippen LogP contribution in [0.1, 0.15) is 37.6 Å². The molecular formula is C19H27FN6O2. The molecule has 0 saturated carbocycles. The van der Waals surface area contributed by atoms with Gasteiger partial charge in [-0.2, -0.15) is 0 Å². The van der Waals surface area contributed by atoms with Crippen LogP contribution in [-0.2, 0) is 0 Å². The Morgan fingerprint density at radius 1 is 1.29 bits per heavy atom. The number of rotatable bonds is 9. The van der Waals surface area contributed by atoms with Crippen LogP contribution in [0.2, 0.25) is 0 Å². The summed E-state index contributed by atoms with van der Waals surface area (Å²) in [7, 11) is 1.49. The maximum absolute atomic E-state index is 14.6. The van der Waals surface area contributed by atoms with Gasteiger partial charge in [-0.05, 0) is 31.4 Å². The van der Waals surface area contributed by atoms with Crippen LogP contribution in [0.5, 0.6) is 5.88 Å². The van der Waals surface area contributed by atoms with Crippen LogP contribution >= 0.6 is 0 Å². The Morgan fingerprint density at radius 2 is 2.00 bits per heavy atom. The number of halogens is 1. The Balaban J connectivity index is 2.40. The Bertz CT molecular complexity index is 828. The number of nitrogens with one attached hydrogen (secondary N) is 2. The van der Waals surface area contributed by atoms with E-state index < -0.39 is 11.7 Å². The molecule has 1 amide bonds. The number of ether oxygens (including phenoxy) is 1. The van der Waals surface area contributed by atoms with Gasteiger partial charge in [0.25, 0.3) is 5.91 Å². The number of aromatic nitrogens is 2. The van der Waals surface area contributed by atoms with E-state index in [0.29, 0.717) is 17.5 Å². The molecule has 0 aliphatic heterocycles. The molecule has 8 nitrogen and oxygen atoms in total. The molecule has 0 aliphatic carbocycles. The van der Waals surface area contributed by atoms with E-state index in [0.717, 1.165) is 12.5 Å². The fourth-order valence-electron chi connectivity index (χ4n) is 2.70. The quantitative estimate of drug-likeness (QED) is 0.518. The van der Waals surface area contributed by atoms with Gasteiger partial charge >= 0.3 is 0 Å². The molecule has 0 unspecified atom stereocenters. The van der Waals surface area contributed by atoms with Crippen molar-refractivity contribution in [1.29, 1.82) is 0 Å². The average Bonchev–Trinajstić information content (AvgIpc) is 2.63. The third kappa shape index (κ3) is 5.53. The zero-order valence-electron chi connectivity index (χ0n) is 16.5. The van der Waals surface area contributed by atoms with E-state index in [2.05, 4.69) is 34.4 Å². The van der Waals surface area contributed by atoms with Crippen molar-refractivity contribution in [2.24, 2.45) is 17.4 Å². The van der Waals surface area contributed by atoms with Crippen LogP contribution in [0.15, 0.2) is 24.4 Å². The van der Waals surface area contributed by atoms with Gasteiger partial charge < -0.3 is 26.8 Å². The molecule has 2 aromatic rings. The van der Waals surface area contributed by atoms with Gasteiger partial charge in [-0.3, -0.25) is 4.79 Å². The van der Waals surface area contributed by atoms with E-state index in [4.69, 9.17) is 16.2 Å². The van der Waals surface area contributed by atoms with Gasteiger partial charge in [0.2, 0.25) is 5.88 Å². The normalized spacial score (nSPS) is 13.1. The Hall–Kier alpha value is -2.94. The summed E-state index contributed by atoms with van der Waals surface area (Å²) in [5.74, 6) is -0.624. The Kier molecular flexibility index (Phi) is 7.11. The molecule has 9 heteroatoms. The van der Waals surface area contributed by atoms with Gasteiger partial charge in [-0.15, -0.1) is 0 Å². The third-order valence-electron chi connectivity index (χ3n) is 4.13. The van der Waals surface area contributed by atoms with Crippen molar-refractivity contribution in [3.05, 3.63) is 35.8 Å². The number of carbonyl (C=O) groups is 1. The monoisotopic (exact) mass is 390 g/mol. The molecule has 0 saturated heterocycles.